The Morgan fingerprint density at radius 2 is 1.86 bits per heavy atom. The summed E-state index contributed by atoms with van der Waals surface area (Å²) in [5.41, 5.74) is 3.75. The standard InChI is InChI=1S/C23H22ClN3O2/c1-16-7-9-19(10-8-16)25-21(28)15-22(29)27-13-12-26-11-3-6-20(26)23(27)17-4-2-5-18(24)14-17/h2-11,14,23H,12-13,15H2,1H3,(H,25,28). The van der Waals surface area contributed by atoms with Crippen molar-refractivity contribution in [3.05, 3.63) is 88.7 Å². The number of fused-ring (bicyclic) bond motifs is 1. The highest BCUT2D eigenvalue weighted by Gasteiger charge is 2.32. The number of anilines is 1. The van der Waals surface area contributed by atoms with Crippen LogP contribution in [0.5, 0.6) is 0 Å². The molecule has 1 aromatic heterocycles. The van der Waals surface area contributed by atoms with E-state index in [1.54, 1.807) is 4.90 Å². The van der Waals surface area contributed by atoms with Crippen molar-refractivity contribution in [1.29, 1.82) is 0 Å². The Kier molecular flexibility index (Phi) is 5.41. The number of hydrogen-bond acceptors (Lipinski definition) is 2. The number of rotatable bonds is 4. The first-order valence-corrected chi connectivity index (χ1v) is 9.95. The minimum Gasteiger partial charge on any atom is -0.348 e. The quantitative estimate of drug-likeness (QED) is 0.651. The van der Waals surface area contributed by atoms with Crippen LogP contribution >= 0.6 is 11.6 Å². The molecule has 2 heterocycles. The third-order valence-corrected chi connectivity index (χ3v) is 5.41. The van der Waals surface area contributed by atoms with Crippen molar-refractivity contribution in [3.63, 3.8) is 0 Å². The van der Waals surface area contributed by atoms with Crippen LogP contribution in [0.3, 0.4) is 0 Å². The van der Waals surface area contributed by atoms with Crippen LogP contribution in [-0.2, 0) is 16.1 Å². The van der Waals surface area contributed by atoms with Gasteiger partial charge in [0.2, 0.25) is 11.8 Å². The van der Waals surface area contributed by atoms with Crippen LogP contribution < -0.4 is 5.32 Å². The van der Waals surface area contributed by atoms with Gasteiger partial charge in [-0.15, -0.1) is 0 Å². The van der Waals surface area contributed by atoms with Gasteiger partial charge < -0.3 is 14.8 Å². The number of carbonyl (C=O) groups excluding carboxylic acids is 2. The number of carbonyl (C=O) groups is 2. The van der Waals surface area contributed by atoms with E-state index in [0.29, 0.717) is 23.8 Å². The first-order chi connectivity index (χ1) is 14.0. The zero-order valence-corrected chi connectivity index (χ0v) is 16.9. The summed E-state index contributed by atoms with van der Waals surface area (Å²) in [5, 5.41) is 3.43. The second kappa shape index (κ2) is 8.13. The van der Waals surface area contributed by atoms with Crippen LogP contribution in [0.25, 0.3) is 0 Å². The molecule has 2 amide bonds. The molecule has 0 saturated heterocycles. The van der Waals surface area contributed by atoms with Gasteiger partial charge in [-0.2, -0.15) is 0 Å². The predicted molar refractivity (Wildman–Crippen MR) is 114 cm³/mol. The average molecular weight is 408 g/mol. The number of aromatic nitrogens is 1. The molecule has 0 aliphatic carbocycles. The molecule has 4 rings (SSSR count). The summed E-state index contributed by atoms with van der Waals surface area (Å²) in [4.78, 5) is 27.3. The van der Waals surface area contributed by atoms with Gasteiger partial charge in [0.25, 0.3) is 0 Å². The molecule has 0 saturated carbocycles. The fourth-order valence-electron chi connectivity index (χ4n) is 3.76. The first kappa shape index (κ1) is 19.3. The maximum atomic E-state index is 13.1. The highest BCUT2D eigenvalue weighted by Crippen LogP contribution is 2.33. The van der Waals surface area contributed by atoms with Gasteiger partial charge in [0.15, 0.2) is 0 Å². The zero-order chi connectivity index (χ0) is 20.4. The normalized spacial score (nSPS) is 15.7. The summed E-state index contributed by atoms with van der Waals surface area (Å²) in [6.45, 7) is 3.22. The van der Waals surface area contributed by atoms with Gasteiger partial charge in [-0.25, -0.2) is 0 Å². The molecule has 3 aromatic rings. The summed E-state index contributed by atoms with van der Waals surface area (Å²) < 4.78 is 2.14. The van der Waals surface area contributed by atoms with Crippen molar-refractivity contribution in [2.24, 2.45) is 0 Å². The highest BCUT2D eigenvalue weighted by atomic mass is 35.5. The molecule has 1 atom stereocenters. The molecule has 148 valence electrons. The second-order valence-corrected chi connectivity index (χ2v) is 7.70. The molecule has 1 N–H and O–H groups in total. The lowest BCUT2D eigenvalue weighted by atomic mass is 9.99. The molecule has 0 bridgehead atoms. The average Bonchev–Trinajstić information content (AvgIpc) is 3.17. The molecule has 0 spiro atoms. The predicted octanol–water partition coefficient (Wildman–Crippen LogP) is 4.41. The van der Waals surface area contributed by atoms with E-state index in [-0.39, 0.29) is 24.3 Å². The number of amides is 2. The van der Waals surface area contributed by atoms with E-state index in [9.17, 15) is 9.59 Å². The van der Waals surface area contributed by atoms with E-state index >= 15 is 0 Å². The van der Waals surface area contributed by atoms with Gasteiger partial charge in [0.1, 0.15) is 6.42 Å². The molecule has 5 nitrogen and oxygen atoms in total. The van der Waals surface area contributed by atoms with Crippen LogP contribution in [0.4, 0.5) is 5.69 Å². The molecule has 1 aliphatic rings. The van der Waals surface area contributed by atoms with Crippen molar-refractivity contribution < 1.29 is 9.59 Å². The summed E-state index contributed by atoms with van der Waals surface area (Å²) in [6, 6.07) is 18.8. The van der Waals surface area contributed by atoms with Crippen molar-refractivity contribution in [3.8, 4) is 0 Å². The Morgan fingerprint density at radius 3 is 2.62 bits per heavy atom. The fourth-order valence-corrected chi connectivity index (χ4v) is 3.96. The highest BCUT2D eigenvalue weighted by molar-refractivity contribution is 6.30. The van der Waals surface area contributed by atoms with E-state index in [2.05, 4.69) is 9.88 Å². The molecular formula is C23H22ClN3O2. The Hall–Kier alpha value is -3.05. The van der Waals surface area contributed by atoms with Crippen LogP contribution in [0.1, 0.15) is 29.3 Å². The topological polar surface area (TPSA) is 54.3 Å². The van der Waals surface area contributed by atoms with E-state index < -0.39 is 0 Å². The third-order valence-electron chi connectivity index (χ3n) is 5.17. The van der Waals surface area contributed by atoms with E-state index in [1.807, 2.05) is 73.8 Å². The number of halogens is 1. The summed E-state index contributed by atoms with van der Waals surface area (Å²) in [5.74, 6) is -0.517. The summed E-state index contributed by atoms with van der Waals surface area (Å²) in [6.07, 6.45) is 1.81. The van der Waals surface area contributed by atoms with Crippen LogP contribution in [0, 0.1) is 6.92 Å². The van der Waals surface area contributed by atoms with Gasteiger partial charge in [-0.1, -0.05) is 41.4 Å². The monoisotopic (exact) mass is 407 g/mol. The number of aryl methyl sites for hydroxylation is 1. The second-order valence-electron chi connectivity index (χ2n) is 7.26. The molecule has 0 radical (unpaired) electrons. The molecule has 6 heteroatoms. The van der Waals surface area contributed by atoms with Crippen LogP contribution in [0.2, 0.25) is 5.02 Å². The minimum atomic E-state index is -0.315. The van der Waals surface area contributed by atoms with Crippen molar-refractivity contribution in [2.45, 2.75) is 25.9 Å². The Bertz CT molecular complexity index is 1040. The van der Waals surface area contributed by atoms with Crippen molar-refractivity contribution in [1.82, 2.24) is 9.47 Å². The molecule has 2 aromatic carbocycles. The van der Waals surface area contributed by atoms with Crippen LogP contribution in [0.15, 0.2) is 66.9 Å². The van der Waals surface area contributed by atoms with Crippen molar-refractivity contribution >= 4 is 29.1 Å². The summed E-state index contributed by atoms with van der Waals surface area (Å²) in [7, 11) is 0. The van der Waals surface area contributed by atoms with Crippen molar-refractivity contribution in [2.75, 3.05) is 11.9 Å². The fraction of sp³-hybridized carbons (Fsp3) is 0.217. The first-order valence-electron chi connectivity index (χ1n) is 9.58. The van der Waals surface area contributed by atoms with E-state index in [4.69, 9.17) is 11.6 Å². The zero-order valence-electron chi connectivity index (χ0n) is 16.1. The molecule has 1 unspecified atom stereocenters. The number of nitrogens with zero attached hydrogens (tertiary/aromatic N) is 2. The Labute approximate surface area is 174 Å². The lowest BCUT2D eigenvalue weighted by Gasteiger charge is -2.37. The maximum absolute atomic E-state index is 13.1. The minimum absolute atomic E-state index is 0.202. The van der Waals surface area contributed by atoms with Gasteiger partial charge in [-0.3, -0.25) is 9.59 Å². The molecule has 0 fully saturated rings. The van der Waals surface area contributed by atoms with Gasteiger partial charge in [0.05, 0.1) is 6.04 Å². The van der Waals surface area contributed by atoms with Gasteiger partial charge >= 0.3 is 0 Å². The van der Waals surface area contributed by atoms with Gasteiger partial charge in [-0.05, 0) is 48.9 Å². The molecular weight excluding hydrogens is 386 g/mol. The maximum Gasteiger partial charge on any atom is 0.233 e. The largest absolute Gasteiger partial charge is 0.348 e. The SMILES string of the molecule is Cc1ccc(NC(=O)CC(=O)N2CCn3cccc3C2c2cccc(Cl)c2)cc1. The smallest absolute Gasteiger partial charge is 0.233 e. The van der Waals surface area contributed by atoms with E-state index in [1.165, 1.54) is 0 Å². The Morgan fingerprint density at radius 1 is 1.07 bits per heavy atom. The number of hydrogen-bond donors (Lipinski definition) is 1. The number of benzene rings is 2. The third kappa shape index (κ3) is 4.20. The van der Waals surface area contributed by atoms with Gasteiger partial charge in [0, 0.05) is 35.7 Å². The lowest BCUT2D eigenvalue weighted by molar-refractivity contribution is -0.136. The molecule has 1 aliphatic heterocycles. The summed E-state index contributed by atoms with van der Waals surface area (Å²) >= 11 is 6.20. The lowest BCUT2D eigenvalue weighted by Crippen LogP contribution is -2.43. The van der Waals surface area contributed by atoms with Crippen LogP contribution in [-0.4, -0.2) is 27.8 Å². The Balaban J connectivity index is 1.54. The van der Waals surface area contributed by atoms with E-state index in [0.717, 1.165) is 16.8 Å². The molecule has 29 heavy (non-hydrogen) atoms. The number of nitrogens with one attached hydrogen (secondary N) is 1.